The van der Waals surface area contributed by atoms with Crippen molar-refractivity contribution in [3.05, 3.63) is 35.4 Å². The Morgan fingerprint density at radius 2 is 2.37 bits per heavy atom. The van der Waals surface area contributed by atoms with E-state index in [1.807, 2.05) is 6.08 Å². The second-order valence-corrected chi connectivity index (χ2v) is 3.72. The van der Waals surface area contributed by atoms with Gasteiger partial charge < -0.3 is 9.94 Å². The van der Waals surface area contributed by atoms with Crippen LogP contribution in [0.5, 0.6) is 0 Å². The zero-order chi connectivity index (χ0) is 14.1. The van der Waals surface area contributed by atoms with E-state index in [0.29, 0.717) is 25.0 Å². The van der Waals surface area contributed by atoms with Crippen molar-refractivity contribution >= 4 is 18.3 Å². The van der Waals surface area contributed by atoms with Crippen LogP contribution in [-0.4, -0.2) is 29.5 Å². The van der Waals surface area contributed by atoms with E-state index in [-0.39, 0.29) is 11.7 Å². The first kappa shape index (κ1) is 14.8. The molecule has 0 aromatic carbocycles. The quantitative estimate of drug-likeness (QED) is 0.282. The van der Waals surface area contributed by atoms with Crippen LogP contribution in [0.15, 0.2) is 23.4 Å². The van der Waals surface area contributed by atoms with Crippen molar-refractivity contribution in [3.63, 3.8) is 0 Å². The third-order valence-electron chi connectivity index (χ3n) is 2.34. The SMILES string of the molecule is COC(=O)CCC/C=C/c1ccc(F)c(/C=N\O)n1. The predicted molar refractivity (Wildman–Crippen MR) is 68.5 cm³/mol. The maximum absolute atomic E-state index is 13.2. The second-order valence-electron chi connectivity index (χ2n) is 3.72. The van der Waals surface area contributed by atoms with E-state index < -0.39 is 5.82 Å². The van der Waals surface area contributed by atoms with Gasteiger partial charge in [0.15, 0.2) is 5.82 Å². The number of nitrogens with zero attached hydrogens (tertiary/aromatic N) is 2. The van der Waals surface area contributed by atoms with Gasteiger partial charge in [-0.05, 0) is 31.1 Å². The maximum atomic E-state index is 13.2. The van der Waals surface area contributed by atoms with Crippen LogP contribution in [0.25, 0.3) is 6.08 Å². The number of esters is 1. The highest BCUT2D eigenvalue weighted by Gasteiger charge is 2.01. The molecule has 1 heterocycles. The van der Waals surface area contributed by atoms with E-state index in [1.54, 1.807) is 6.08 Å². The summed E-state index contributed by atoms with van der Waals surface area (Å²) in [5, 5.41) is 11.1. The predicted octanol–water partition coefficient (Wildman–Crippen LogP) is 2.39. The first-order chi connectivity index (χ1) is 9.17. The Bertz CT molecular complexity index is 487. The molecule has 0 unspecified atom stereocenters. The van der Waals surface area contributed by atoms with Gasteiger partial charge in [-0.15, -0.1) is 0 Å². The van der Waals surface area contributed by atoms with Crippen LogP contribution in [-0.2, 0) is 9.53 Å². The van der Waals surface area contributed by atoms with Crippen molar-refractivity contribution in [2.75, 3.05) is 7.11 Å². The van der Waals surface area contributed by atoms with E-state index in [2.05, 4.69) is 14.9 Å². The maximum Gasteiger partial charge on any atom is 0.305 e. The van der Waals surface area contributed by atoms with Crippen molar-refractivity contribution in [2.24, 2.45) is 5.16 Å². The van der Waals surface area contributed by atoms with Crippen molar-refractivity contribution in [2.45, 2.75) is 19.3 Å². The Balaban J connectivity index is 2.52. The number of allylic oxidation sites excluding steroid dienone is 1. The molecule has 0 fully saturated rings. The summed E-state index contributed by atoms with van der Waals surface area (Å²) in [7, 11) is 1.35. The first-order valence-corrected chi connectivity index (χ1v) is 5.74. The standard InChI is InChI=1S/C13H15FN2O3/c1-19-13(17)6-4-2-3-5-10-7-8-11(14)12(16-10)9-15-18/h3,5,7-9,18H,2,4,6H2,1H3/b5-3+,15-9-. The van der Waals surface area contributed by atoms with E-state index in [1.165, 1.54) is 19.2 Å². The minimum absolute atomic E-state index is 0.0285. The molecular formula is C13H15FN2O3. The number of aromatic nitrogens is 1. The number of ether oxygens (including phenoxy) is 1. The highest BCUT2D eigenvalue weighted by atomic mass is 19.1. The third-order valence-corrected chi connectivity index (χ3v) is 2.34. The average molecular weight is 266 g/mol. The minimum Gasteiger partial charge on any atom is -0.469 e. The van der Waals surface area contributed by atoms with Gasteiger partial charge in [-0.1, -0.05) is 11.2 Å². The van der Waals surface area contributed by atoms with E-state index in [9.17, 15) is 9.18 Å². The zero-order valence-electron chi connectivity index (χ0n) is 10.5. The summed E-state index contributed by atoms with van der Waals surface area (Å²) in [6.07, 6.45) is 6.21. The van der Waals surface area contributed by atoms with Gasteiger partial charge in [0.25, 0.3) is 0 Å². The van der Waals surface area contributed by atoms with Crippen LogP contribution in [0.1, 0.15) is 30.7 Å². The molecule has 0 atom stereocenters. The Morgan fingerprint density at radius 1 is 1.58 bits per heavy atom. The highest BCUT2D eigenvalue weighted by Crippen LogP contribution is 2.07. The van der Waals surface area contributed by atoms with E-state index >= 15 is 0 Å². The summed E-state index contributed by atoms with van der Waals surface area (Å²) in [5.41, 5.74) is 0.522. The summed E-state index contributed by atoms with van der Waals surface area (Å²) in [5.74, 6) is -0.796. The molecular weight excluding hydrogens is 251 g/mol. The summed E-state index contributed by atoms with van der Waals surface area (Å²) in [6, 6.07) is 2.76. The van der Waals surface area contributed by atoms with Gasteiger partial charge in [0.2, 0.25) is 0 Å². The van der Waals surface area contributed by atoms with Crippen LogP contribution in [0.3, 0.4) is 0 Å². The molecule has 6 heteroatoms. The molecule has 1 N–H and O–H groups in total. The molecule has 19 heavy (non-hydrogen) atoms. The van der Waals surface area contributed by atoms with Crippen LogP contribution < -0.4 is 0 Å². The molecule has 1 rings (SSSR count). The molecule has 0 amide bonds. The monoisotopic (exact) mass is 266 g/mol. The van der Waals surface area contributed by atoms with Crippen LogP contribution >= 0.6 is 0 Å². The normalized spacial score (nSPS) is 11.3. The summed E-state index contributed by atoms with van der Waals surface area (Å²) in [6.45, 7) is 0. The molecule has 0 radical (unpaired) electrons. The van der Waals surface area contributed by atoms with Crippen molar-refractivity contribution in [1.82, 2.24) is 4.98 Å². The van der Waals surface area contributed by atoms with Gasteiger partial charge in [-0.25, -0.2) is 9.37 Å². The fraction of sp³-hybridized carbons (Fsp3) is 0.308. The number of rotatable bonds is 6. The van der Waals surface area contributed by atoms with Gasteiger partial charge in [-0.3, -0.25) is 4.79 Å². The van der Waals surface area contributed by atoms with Gasteiger partial charge in [-0.2, -0.15) is 0 Å². The number of oxime groups is 1. The number of methoxy groups -OCH3 is 1. The van der Waals surface area contributed by atoms with Gasteiger partial charge >= 0.3 is 5.97 Å². The van der Waals surface area contributed by atoms with Crippen molar-refractivity contribution < 1.29 is 19.1 Å². The lowest BCUT2D eigenvalue weighted by Crippen LogP contribution is -1.98. The summed E-state index contributed by atoms with van der Waals surface area (Å²) in [4.78, 5) is 14.8. The van der Waals surface area contributed by atoms with Crippen LogP contribution in [0.2, 0.25) is 0 Å². The summed E-state index contributed by atoms with van der Waals surface area (Å²) < 4.78 is 17.7. The lowest BCUT2D eigenvalue weighted by atomic mass is 10.2. The molecule has 0 aliphatic heterocycles. The molecule has 0 bridgehead atoms. The number of carbonyl (C=O) groups excluding carboxylic acids is 1. The van der Waals surface area contributed by atoms with Crippen molar-refractivity contribution in [3.8, 4) is 0 Å². The average Bonchev–Trinajstić information content (AvgIpc) is 2.41. The Hall–Kier alpha value is -2.24. The number of carbonyl (C=O) groups is 1. The topological polar surface area (TPSA) is 71.8 Å². The molecule has 1 aromatic heterocycles. The highest BCUT2D eigenvalue weighted by molar-refractivity contribution is 5.77. The third kappa shape index (κ3) is 5.29. The second kappa shape index (κ2) is 7.97. The Morgan fingerprint density at radius 3 is 3.05 bits per heavy atom. The largest absolute Gasteiger partial charge is 0.469 e. The molecule has 0 spiro atoms. The fourth-order valence-electron chi connectivity index (χ4n) is 1.38. The molecule has 0 saturated heterocycles. The zero-order valence-corrected chi connectivity index (χ0v) is 10.5. The minimum atomic E-state index is -0.555. The number of unbranched alkanes of at least 4 members (excludes halogenated alkanes) is 1. The lowest BCUT2D eigenvalue weighted by molar-refractivity contribution is -0.140. The molecule has 0 aliphatic carbocycles. The fourth-order valence-corrected chi connectivity index (χ4v) is 1.38. The van der Waals surface area contributed by atoms with Gasteiger partial charge in [0.05, 0.1) is 19.0 Å². The Labute approximate surface area is 110 Å². The van der Waals surface area contributed by atoms with E-state index in [0.717, 1.165) is 6.21 Å². The van der Waals surface area contributed by atoms with Crippen LogP contribution in [0, 0.1) is 5.82 Å². The molecule has 5 nitrogen and oxygen atoms in total. The smallest absolute Gasteiger partial charge is 0.305 e. The lowest BCUT2D eigenvalue weighted by Gasteiger charge is -1.98. The first-order valence-electron chi connectivity index (χ1n) is 5.74. The number of pyridine rings is 1. The summed E-state index contributed by atoms with van der Waals surface area (Å²) >= 11 is 0. The van der Waals surface area contributed by atoms with E-state index in [4.69, 9.17) is 5.21 Å². The molecule has 102 valence electrons. The Kier molecular flexibility index (Phi) is 6.21. The van der Waals surface area contributed by atoms with Crippen LogP contribution in [0.4, 0.5) is 4.39 Å². The number of hydrogen-bond acceptors (Lipinski definition) is 5. The molecule has 0 aliphatic rings. The van der Waals surface area contributed by atoms with Crippen molar-refractivity contribution in [1.29, 1.82) is 0 Å². The van der Waals surface area contributed by atoms with Gasteiger partial charge in [0.1, 0.15) is 5.69 Å². The number of hydrogen-bond donors (Lipinski definition) is 1. The molecule has 0 saturated carbocycles. The van der Waals surface area contributed by atoms with Gasteiger partial charge in [0, 0.05) is 6.42 Å². The number of halogens is 1. The molecule has 1 aromatic rings.